The van der Waals surface area contributed by atoms with Crippen LogP contribution < -0.4 is 14.8 Å². The van der Waals surface area contributed by atoms with Gasteiger partial charge in [0.15, 0.2) is 0 Å². The predicted molar refractivity (Wildman–Crippen MR) is 126 cm³/mol. The van der Waals surface area contributed by atoms with Gasteiger partial charge in [-0.15, -0.1) is 10.2 Å². The van der Waals surface area contributed by atoms with Crippen LogP contribution in [0.5, 0.6) is 5.75 Å². The number of unbranched alkanes of at least 4 members (excludes halogenated alkanes) is 2. The Kier molecular flexibility index (Phi) is 8.18. The number of nitrogens with zero attached hydrogens (tertiary/aromatic N) is 2. The molecule has 10 heteroatoms. The summed E-state index contributed by atoms with van der Waals surface area (Å²) in [6, 6.07) is 12.4. The van der Waals surface area contributed by atoms with Crippen molar-refractivity contribution in [2.45, 2.75) is 44.4 Å². The molecule has 170 valence electrons. The summed E-state index contributed by atoms with van der Waals surface area (Å²) >= 11 is 1.33. The SMILES string of the molecule is CCCCCc1nnc(NC(=O)c2cccc(S(=O)(=O)Nc3ccc(OCC)cc3)c2)s1. The first-order chi connectivity index (χ1) is 15.4. The number of carbonyl (C=O) groups excluding carboxylic acids is 1. The zero-order valence-electron chi connectivity index (χ0n) is 18.0. The minimum Gasteiger partial charge on any atom is -0.494 e. The van der Waals surface area contributed by atoms with Crippen molar-refractivity contribution in [1.29, 1.82) is 0 Å². The van der Waals surface area contributed by atoms with Gasteiger partial charge in [-0.1, -0.05) is 37.2 Å². The summed E-state index contributed by atoms with van der Waals surface area (Å²) in [6.07, 6.45) is 4.09. The third-order valence-corrected chi connectivity index (χ3v) is 6.78. The van der Waals surface area contributed by atoms with E-state index in [1.807, 2.05) is 6.92 Å². The minimum atomic E-state index is -3.87. The molecule has 0 atom stereocenters. The third kappa shape index (κ3) is 6.51. The average Bonchev–Trinajstić information content (AvgIpc) is 3.22. The first kappa shape index (κ1) is 23.7. The summed E-state index contributed by atoms with van der Waals surface area (Å²) in [5.74, 6) is 0.207. The molecular weight excluding hydrogens is 448 g/mol. The quantitative estimate of drug-likeness (QED) is 0.389. The molecule has 3 aromatic rings. The fourth-order valence-corrected chi connectivity index (χ4v) is 4.79. The summed E-state index contributed by atoms with van der Waals surface area (Å²) in [6.45, 7) is 4.53. The molecule has 1 amide bonds. The summed E-state index contributed by atoms with van der Waals surface area (Å²) in [5, 5.41) is 12.0. The second kappa shape index (κ2) is 11.1. The van der Waals surface area contributed by atoms with E-state index in [4.69, 9.17) is 4.74 Å². The minimum absolute atomic E-state index is 0.0171. The number of sulfonamides is 1. The lowest BCUT2D eigenvalue weighted by Gasteiger charge is -2.10. The fraction of sp³-hybridized carbons (Fsp3) is 0.318. The van der Waals surface area contributed by atoms with Crippen molar-refractivity contribution in [3.63, 3.8) is 0 Å². The fourth-order valence-electron chi connectivity index (χ4n) is 2.91. The monoisotopic (exact) mass is 474 g/mol. The maximum Gasteiger partial charge on any atom is 0.261 e. The Hall–Kier alpha value is -2.98. The number of aromatic nitrogens is 2. The maximum atomic E-state index is 12.8. The van der Waals surface area contributed by atoms with Crippen LogP contribution in [-0.2, 0) is 16.4 Å². The van der Waals surface area contributed by atoms with Crippen molar-refractivity contribution in [2.75, 3.05) is 16.6 Å². The summed E-state index contributed by atoms with van der Waals surface area (Å²) < 4.78 is 33.4. The van der Waals surface area contributed by atoms with Gasteiger partial charge >= 0.3 is 0 Å². The van der Waals surface area contributed by atoms with Crippen LogP contribution in [0.2, 0.25) is 0 Å². The highest BCUT2D eigenvalue weighted by Crippen LogP contribution is 2.22. The van der Waals surface area contributed by atoms with Gasteiger partial charge in [-0.2, -0.15) is 0 Å². The van der Waals surface area contributed by atoms with E-state index < -0.39 is 15.9 Å². The Morgan fingerprint density at radius 3 is 2.56 bits per heavy atom. The summed E-state index contributed by atoms with van der Waals surface area (Å²) in [4.78, 5) is 12.6. The van der Waals surface area contributed by atoms with Gasteiger partial charge in [0, 0.05) is 17.7 Å². The molecule has 32 heavy (non-hydrogen) atoms. The van der Waals surface area contributed by atoms with Crippen LogP contribution in [0.3, 0.4) is 0 Å². The molecule has 1 aromatic heterocycles. The molecule has 1 heterocycles. The van der Waals surface area contributed by atoms with Crippen molar-refractivity contribution in [3.8, 4) is 5.75 Å². The van der Waals surface area contributed by atoms with Crippen LogP contribution in [0.4, 0.5) is 10.8 Å². The Balaban J connectivity index is 1.67. The number of hydrogen-bond acceptors (Lipinski definition) is 7. The van der Waals surface area contributed by atoms with E-state index >= 15 is 0 Å². The van der Waals surface area contributed by atoms with Crippen LogP contribution >= 0.6 is 11.3 Å². The van der Waals surface area contributed by atoms with Gasteiger partial charge in [0.25, 0.3) is 15.9 Å². The number of carbonyl (C=O) groups is 1. The predicted octanol–water partition coefficient (Wildman–Crippen LogP) is 4.72. The number of benzene rings is 2. The molecule has 0 aliphatic heterocycles. The molecule has 0 saturated carbocycles. The van der Waals surface area contributed by atoms with Crippen LogP contribution in [-0.4, -0.2) is 31.1 Å². The number of amides is 1. The third-order valence-electron chi connectivity index (χ3n) is 4.51. The van der Waals surface area contributed by atoms with Crippen LogP contribution in [0.15, 0.2) is 53.4 Å². The summed E-state index contributed by atoms with van der Waals surface area (Å²) in [5.41, 5.74) is 0.607. The molecule has 0 fully saturated rings. The van der Waals surface area contributed by atoms with Crippen molar-refractivity contribution in [3.05, 3.63) is 59.1 Å². The highest BCUT2D eigenvalue weighted by atomic mass is 32.2. The van der Waals surface area contributed by atoms with E-state index in [9.17, 15) is 13.2 Å². The molecule has 2 aromatic carbocycles. The first-order valence-corrected chi connectivity index (χ1v) is 12.7. The molecule has 8 nitrogen and oxygen atoms in total. The van der Waals surface area contributed by atoms with Gasteiger partial charge in [-0.3, -0.25) is 14.8 Å². The van der Waals surface area contributed by atoms with E-state index in [0.29, 0.717) is 23.2 Å². The molecule has 2 N–H and O–H groups in total. The second-order valence-electron chi connectivity index (χ2n) is 7.00. The van der Waals surface area contributed by atoms with Gasteiger partial charge in [0.05, 0.1) is 11.5 Å². The summed E-state index contributed by atoms with van der Waals surface area (Å²) in [7, 11) is -3.87. The Labute approximate surface area is 192 Å². The lowest BCUT2D eigenvalue weighted by molar-refractivity contribution is 0.102. The van der Waals surface area contributed by atoms with Crippen molar-refractivity contribution in [2.24, 2.45) is 0 Å². The van der Waals surface area contributed by atoms with Gasteiger partial charge in [0.2, 0.25) is 5.13 Å². The topological polar surface area (TPSA) is 110 Å². The van der Waals surface area contributed by atoms with Gasteiger partial charge in [-0.05, 0) is 55.8 Å². The first-order valence-electron chi connectivity index (χ1n) is 10.4. The highest BCUT2D eigenvalue weighted by Gasteiger charge is 2.17. The molecule has 0 saturated heterocycles. The molecule has 0 unspecified atom stereocenters. The average molecular weight is 475 g/mol. The molecule has 0 aliphatic carbocycles. The highest BCUT2D eigenvalue weighted by molar-refractivity contribution is 7.92. The molecule has 0 radical (unpaired) electrons. The van der Waals surface area contributed by atoms with Gasteiger partial charge < -0.3 is 4.74 Å². The normalized spacial score (nSPS) is 11.2. The number of hydrogen-bond donors (Lipinski definition) is 2. The molecule has 0 spiro atoms. The smallest absolute Gasteiger partial charge is 0.261 e. The number of aryl methyl sites for hydroxylation is 1. The zero-order chi connectivity index (χ0) is 23.0. The maximum absolute atomic E-state index is 12.8. The van der Waals surface area contributed by atoms with E-state index in [-0.39, 0.29) is 10.5 Å². The van der Waals surface area contributed by atoms with E-state index in [1.165, 1.54) is 29.5 Å². The largest absolute Gasteiger partial charge is 0.494 e. The van der Waals surface area contributed by atoms with Crippen molar-refractivity contribution >= 4 is 38.1 Å². The lowest BCUT2D eigenvalue weighted by Crippen LogP contribution is -2.16. The van der Waals surface area contributed by atoms with E-state index in [1.54, 1.807) is 30.3 Å². The van der Waals surface area contributed by atoms with E-state index in [0.717, 1.165) is 30.7 Å². The molecule has 0 bridgehead atoms. The Morgan fingerprint density at radius 2 is 1.84 bits per heavy atom. The number of ether oxygens (including phenoxy) is 1. The van der Waals surface area contributed by atoms with Crippen molar-refractivity contribution in [1.82, 2.24) is 10.2 Å². The second-order valence-corrected chi connectivity index (χ2v) is 9.75. The van der Waals surface area contributed by atoms with E-state index in [2.05, 4.69) is 27.2 Å². The molecule has 3 rings (SSSR count). The van der Waals surface area contributed by atoms with Crippen molar-refractivity contribution < 1.29 is 17.9 Å². The van der Waals surface area contributed by atoms with Gasteiger partial charge in [0.1, 0.15) is 10.8 Å². The van der Waals surface area contributed by atoms with Crippen LogP contribution in [0, 0.1) is 0 Å². The molecule has 0 aliphatic rings. The van der Waals surface area contributed by atoms with Gasteiger partial charge in [-0.25, -0.2) is 8.42 Å². The Morgan fingerprint density at radius 1 is 1.06 bits per heavy atom. The zero-order valence-corrected chi connectivity index (χ0v) is 19.6. The number of rotatable bonds is 11. The van der Waals surface area contributed by atoms with Crippen LogP contribution in [0.1, 0.15) is 48.5 Å². The lowest BCUT2D eigenvalue weighted by atomic mass is 10.2. The molecular formula is C22H26N4O4S2. The number of anilines is 2. The van der Waals surface area contributed by atoms with Crippen LogP contribution in [0.25, 0.3) is 0 Å². The standard InChI is InChI=1S/C22H26N4O4S2/c1-3-5-6-10-20-24-25-22(31-20)23-21(27)16-8-7-9-19(15-16)32(28,29)26-17-11-13-18(14-12-17)30-4-2/h7-9,11-15,26H,3-6,10H2,1-2H3,(H,23,25,27). The Bertz CT molecular complexity index is 1140. The number of nitrogens with one attached hydrogen (secondary N) is 2.